The van der Waals surface area contributed by atoms with Crippen LogP contribution in [0.3, 0.4) is 0 Å². The Morgan fingerprint density at radius 1 is 1.30 bits per heavy atom. The van der Waals surface area contributed by atoms with Crippen molar-refractivity contribution in [1.82, 2.24) is 4.57 Å². The fourth-order valence-corrected chi connectivity index (χ4v) is 1.97. The number of carbonyl (C=O) groups is 1. The third kappa shape index (κ3) is 2.98. The number of fused-ring (bicyclic) bond motifs is 1. The van der Waals surface area contributed by atoms with E-state index >= 15 is 0 Å². The maximum Gasteiger partial charge on any atom is 0.418 e. The van der Waals surface area contributed by atoms with Crippen molar-refractivity contribution in [3.8, 4) is 5.75 Å². The first-order chi connectivity index (χ1) is 9.31. The number of hydrogen-bond acceptors (Lipinski definition) is 3. The van der Waals surface area contributed by atoms with Crippen molar-refractivity contribution in [2.45, 2.75) is 33.3 Å². The lowest BCUT2D eigenvalue weighted by Gasteiger charge is -2.20. The Morgan fingerprint density at radius 2 is 2.00 bits per heavy atom. The first kappa shape index (κ1) is 14.5. The molecule has 0 aliphatic carbocycles. The first-order valence-electron chi connectivity index (χ1n) is 6.59. The van der Waals surface area contributed by atoms with Gasteiger partial charge in [0, 0.05) is 6.07 Å². The molecular formula is C15H18BNO3. The smallest absolute Gasteiger partial charge is 0.418 e. The molecule has 2 rings (SSSR count). The predicted octanol–water partition coefficient (Wildman–Crippen LogP) is 2.62. The van der Waals surface area contributed by atoms with Crippen molar-refractivity contribution in [1.29, 1.82) is 0 Å². The van der Waals surface area contributed by atoms with Crippen LogP contribution in [0.5, 0.6) is 5.75 Å². The van der Waals surface area contributed by atoms with Gasteiger partial charge in [-0.25, -0.2) is 4.79 Å². The highest BCUT2D eigenvalue weighted by Gasteiger charge is 2.20. The number of hydrogen-bond donors (Lipinski definition) is 0. The van der Waals surface area contributed by atoms with Crippen molar-refractivity contribution in [2.75, 3.05) is 6.61 Å². The normalized spacial score (nSPS) is 11.6. The van der Waals surface area contributed by atoms with Gasteiger partial charge in [0.2, 0.25) is 0 Å². The monoisotopic (exact) mass is 271 g/mol. The predicted molar refractivity (Wildman–Crippen MR) is 80.1 cm³/mol. The Balaban J connectivity index is 2.48. The number of nitrogens with zero attached hydrogens (tertiary/aromatic N) is 1. The van der Waals surface area contributed by atoms with Crippen LogP contribution < -0.4 is 10.3 Å². The molecule has 20 heavy (non-hydrogen) atoms. The number of aromatic nitrogens is 1. The zero-order chi connectivity index (χ0) is 14.9. The highest BCUT2D eigenvalue weighted by atomic mass is 16.6. The lowest BCUT2D eigenvalue weighted by atomic mass is 10.1. The minimum absolute atomic E-state index is 0.350. The molecule has 0 amide bonds. The third-order valence-corrected chi connectivity index (χ3v) is 2.69. The molecule has 0 saturated heterocycles. The van der Waals surface area contributed by atoms with Gasteiger partial charge in [0.15, 0.2) is 0 Å². The van der Waals surface area contributed by atoms with Gasteiger partial charge in [-0.3, -0.25) is 4.57 Å². The van der Waals surface area contributed by atoms with Gasteiger partial charge in [0.1, 0.15) is 19.2 Å². The Kier molecular flexibility index (Phi) is 3.79. The SMILES string of the molecule is [B]c1cc2ccc(OCC)cc2n1C(=O)OC(C)(C)C. The van der Waals surface area contributed by atoms with Crippen molar-refractivity contribution < 1.29 is 14.3 Å². The van der Waals surface area contributed by atoms with Gasteiger partial charge in [-0.15, -0.1) is 0 Å². The molecule has 0 aliphatic rings. The van der Waals surface area contributed by atoms with Gasteiger partial charge in [0.25, 0.3) is 0 Å². The molecule has 0 bridgehead atoms. The fourth-order valence-electron chi connectivity index (χ4n) is 1.97. The standard InChI is InChI=1S/C15H18BNO3/c1-5-19-11-7-6-10-8-13(16)17(12(10)9-11)14(18)20-15(2,3)4/h6-9H,5H2,1-4H3. The van der Waals surface area contributed by atoms with Crippen LogP contribution in [0.2, 0.25) is 0 Å². The van der Waals surface area contributed by atoms with E-state index in [0.717, 1.165) is 5.39 Å². The van der Waals surface area contributed by atoms with Crippen molar-refractivity contribution >= 4 is 30.4 Å². The second-order valence-electron chi connectivity index (χ2n) is 5.54. The summed E-state index contributed by atoms with van der Waals surface area (Å²) in [5, 5.41) is 0.872. The topological polar surface area (TPSA) is 40.5 Å². The van der Waals surface area contributed by atoms with E-state index < -0.39 is 11.7 Å². The number of ether oxygens (including phenoxy) is 2. The van der Waals surface area contributed by atoms with E-state index in [1.165, 1.54) is 4.57 Å². The molecule has 1 aromatic heterocycles. The zero-order valence-corrected chi connectivity index (χ0v) is 12.3. The van der Waals surface area contributed by atoms with Crippen LogP contribution in [-0.4, -0.2) is 30.7 Å². The van der Waals surface area contributed by atoms with Gasteiger partial charge >= 0.3 is 6.09 Å². The van der Waals surface area contributed by atoms with Crippen LogP contribution >= 0.6 is 0 Å². The largest absolute Gasteiger partial charge is 0.494 e. The van der Waals surface area contributed by atoms with Crippen LogP contribution in [0.25, 0.3) is 10.9 Å². The molecule has 1 heterocycles. The second-order valence-corrected chi connectivity index (χ2v) is 5.54. The number of rotatable bonds is 2. The van der Waals surface area contributed by atoms with Crippen LogP contribution in [0.4, 0.5) is 4.79 Å². The minimum Gasteiger partial charge on any atom is -0.494 e. The first-order valence-corrected chi connectivity index (χ1v) is 6.59. The Morgan fingerprint density at radius 3 is 2.60 bits per heavy atom. The minimum atomic E-state index is -0.572. The van der Waals surface area contributed by atoms with E-state index in [4.69, 9.17) is 17.3 Å². The summed E-state index contributed by atoms with van der Waals surface area (Å²) >= 11 is 0. The fraction of sp³-hybridized carbons (Fsp3) is 0.400. The highest BCUT2D eigenvalue weighted by Crippen LogP contribution is 2.22. The molecule has 1 aromatic carbocycles. The molecule has 0 N–H and O–H groups in total. The molecule has 0 atom stereocenters. The molecule has 2 aromatic rings. The van der Waals surface area contributed by atoms with E-state index in [2.05, 4.69) is 0 Å². The van der Waals surface area contributed by atoms with Crippen molar-refractivity contribution in [3.63, 3.8) is 0 Å². The second kappa shape index (κ2) is 5.23. The summed E-state index contributed by atoms with van der Waals surface area (Å²) in [5.41, 5.74) is 0.461. The molecule has 0 saturated carbocycles. The third-order valence-electron chi connectivity index (χ3n) is 2.69. The summed E-state index contributed by atoms with van der Waals surface area (Å²) < 4.78 is 12.2. The van der Waals surface area contributed by atoms with E-state index in [0.29, 0.717) is 23.5 Å². The molecule has 0 aliphatic heterocycles. The van der Waals surface area contributed by atoms with E-state index in [1.807, 2.05) is 39.8 Å². The molecule has 0 spiro atoms. The molecule has 104 valence electrons. The van der Waals surface area contributed by atoms with Gasteiger partial charge in [-0.2, -0.15) is 0 Å². The van der Waals surface area contributed by atoms with Crippen molar-refractivity contribution in [2.24, 2.45) is 0 Å². The van der Waals surface area contributed by atoms with Gasteiger partial charge in [0.05, 0.1) is 12.1 Å². The van der Waals surface area contributed by atoms with Gasteiger partial charge < -0.3 is 9.47 Å². The summed E-state index contributed by atoms with van der Waals surface area (Å²) in [6.45, 7) is 7.93. The molecule has 0 fully saturated rings. The Hall–Kier alpha value is -1.91. The lowest BCUT2D eigenvalue weighted by Crippen LogP contribution is -2.32. The number of benzene rings is 1. The van der Waals surface area contributed by atoms with Gasteiger partial charge in [-0.1, -0.05) is 0 Å². The summed E-state index contributed by atoms with van der Waals surface area (Å²) in [5.74, 6) is 0.697. The van der Waals surface area contributed by atoms with Crippen LogP contribution in [0.1, 0.15) is 27.7 Å². The Bertz CT molecular complexity index is 640. The van der Waals surface area contributed by atoms with Crippen LogP contribution in [0, 0.1) is 0 Å². The lowest BCUT2D eigenvalue weighted by molar-refractivity contribution is 0.0549. The Labute approximate surface area is 120 Å². The van der Waals surface area contributed by atoms with Crippen molar-refractivity contribution in [3.05, 3.63) is 24.3 Å². The summed E-state index contributed by atoms with van der Waals surface area (Å²) in [4.78, 5) is 12.2. The van der Waals surface area contributed by atoms with Gasteiger partial charge in [-0.05, 0) is 56.9 Å². The highest BCUT2D eigenvalue weighted by molar-refractivity contribution is 6.34. The molecule has 2 radical (unpaired) electrons. The average molecular weight is 271 g/mol. The molecule has 4 nitrogen and oxygen atoms in total. The zero-order valence-electron chi connectivity index (χ0n) is 12.3. The summed E-state index contributed by atoms with van der Waals surface area (Å²) in [7, 11) is 5.92. The number of carbonyl (C=O) groups excluding carboxylic acids is 1. The maximum atomic E-state index is 12.2. The molecular weight excluding hydrogens is 253 g/mol. The van der Waals surface area contributed by atoms with Crippen LogP contribution in [-0.2, 0) is 4.74 Å². The van der Waals surface area contributed by atoms with E-state index in [-0.39, 0.29) is 0 Å². The van der Waals surface area contributed by atoms with E-state index in [1.54, 1.807) is 12.1 Å². The quantitative estimate of drug-likeness (QED) is 0.788. The maximum absolute atomic E-state index is 12.2. The average Bonchev–Trinajstić information content (AvgIpc) is 2.62. The summed E-state index contributed by atoms with van der Waals surface area (Å²) in [6, 6.07) is 7.26. The summed E-state index contributed by atoms with van der Waals surface area (Å²) in [6.07, 6.45) is -0.487. The van der Waals surface area contributed by atoms with Crippen LogP contribution in [0.15, 0.2) is 24.3 Å². The molecule has 5 heteroatoms. The molecule has 0 unspecified atom stereocenters. The van der Waals surface area contributed by atoms with E-state index in [9.17, 15) is 4.79 Å².